The van der Waals surface area contributed by atoms with Gasteiger partial charge in [0.2, 0.25) is 5.88 Å². The van der Waals surface area contributed by atoms with Crippen LogP contribution in [0, 0.1) is 0 Å². The van der Waals surface area contributed by atoms with E-state index >= 15 is 0 Å². The quantitative estimate of drug-likeness (QED) is 0.401. The number of ether oxygens (including phenoxy) is 2. The Kier molecular flexibility index (Phi) is 6.68. The molecule has 0 saturated carbocycles. The van der Waals surface area contributed by atoms with Gasteiger partial charge in [0.15, 0.2) is 0 Å². The van der Waals surface area contributed by atoms with Crippen LogP contribution >= 0.6 is 0 Å². The second-order valence-corrected chi connectivity index (χ2v) is 8.98. The number of aromatic nitrogens is 1. The monoisotopic (exact) mass is 444 g/mol. The molecule has 0 spiro atoms. The Morgan fingerprint density at radius 3 is 2.36 bits per heavy atom. The normalized spacial score (nSPS) is 15.1. The number of esters is 1. The van der Waals surface area contributed by atoms with E-state index in [0.717, 1.165) is 22.5 Å². The number of rotatable bonds is 7. The molecular formula is C28H32N2O3. The van der Waals surface area contributed by atoms with E-state index in [1.165, 1.54) is 11.1 Å². The minimum absolute atomic E-state index is 0.0520. The van der Waals surface area contributed by atoms with E-state index in [-0.39, 0.29) is 12.1 Å². The molecule has 1 aliphatic rings. The number of hydrogen-bond donors (Lipinski definition) is 0. The lowest BCUT2D eigenvalue weighted by Gasteiger charge is -2.26. The topological polar surface area (TPSA) is 51.7 Å². The molecule has 0 amide bonds. The summed E-state index contributed by atoms with van der Waals surface area (Å²) in [7, 11) is 0. The maximum Gasteiger partial charge on any atom is 0.329 e. The summed E-state index contributed by atoms with van der Waals surface area (Å²) in [5, 5.41) is 0. The third-order valence-corrected chi connectivity index (χ3v) is 5.89. The Bertz CT molecular complexity index is 1100. The van der Waals surface area contributed by atoms with E-state index in [9.17, 15) is 4.79 Å². The maximum atomic E-state index is 12.9. The summed E-state index contributed by atoms with van der Waals surface area (Å²) >= 11 is 0. The molecule has 0 fully saturated rings. The molecule has 1 unspecified atom stereocenters. The number of carbonyl (C=O) groups is 1. The molecule has 0 aliphatic carbocycles. The zero-order valence-corrected chi connectivity index (χ0v) is 20.0. The van der Waals surface area contributed by atoms with E-state index < -0.39 is 6.04 Å². The van der Waals surface area contributed by atoms with E-state index in [1.54, 1.807) is 6.20 Å². The van der Waals surface area contributed by atoms with Crippen molar-refractivity contribution in [3.63, 3.8) is 0 Å². The molecule has 0 bridgehead atoms. The van der Waals surface area contributed by atoms with Crippen LogP contribution in [-0.2, 0) is 16.0 Å². The Hall–Kier alpha value is -3.34. The van der Waals surface area contributed by atoms with Gasteiger partial charge in [-0.15, -0.1) is 0 Å². The Morgan fingerprint density at radius 1 is 1.03 bits per heavy atom. The van der Waals surface area contributed by atoms with Crippen molar-refractivity contribution in [1.29, 1.82) is 0 Å². The number of fused-ring (bicyclic) bond motifs is 1. The standard InChI is InChI=1S/C28H32N2O3/c1-6-32-28(31)26-16-23-15-22(21-9-7-20(8-10-21)18(2)3)11-13-25(23)30(26)24-12-14-27(29-17-24)33-19(4)5/h7-15,17-19,26H,6,16H2,1-5H3. The molecule has 1 atom stereocenters. The van der Waals surface area contributed by atoms with Crippen LogP contribution in [0.5, 0.6) is 5.88 Å². The van der Waals surface area contributed by atoms with Crippen LogP contribution in [-0.4, -0.2) is 29.7 Å². The molecule has 2 aromatic carbocycles. The third kappa shape index (κ3) is 4.87. The van der Waals surface area contributed by atoms with Crippen LogP contribution in [0.3, 0.4) is 0 Å². The van der Waals surface area contributed by atoms with Gasteiger partial charge in [0, 0.05) is 18.2 Å². The van der Waals surface area contributed by atoms with Crippen LogP contribution < -0.4 is 9.64 Å². The zero-order valence-electron chi connectivity index (χ0n) is 20.0. The summed E-state index contributed by atoms with van der Waals surface area (Å²) in [6, 6.07) is 18.5. The molecule has 1 aliphatic heterocycles. The van der Waals surface area contributed by atoms with Crippen molar-refractivity contribution in [2.45, 2.75) is 59.1 Å². The van der Waals surface area contributed by atoms with Gasteiger partial charge in [0.1, 0.15) is 6.04 Å². The first-order valence-corrected chi connectivity index (χ1v) is 11.7. The van der Waals surface area contributed by atoms with Crippen molar-refractivity contribution in [1.82, 2.24) is 4.98 Å². The van der Waals surface area contributed by atoms with Gasteiger partial charge in [-0.05, 0) is 67.1 Å². The van der Waals surface area contributed by atoms with E-state index in [0.29, 0.717) is 24.8 Å². The molecule has 5 nitrogen and oxygen atoms in total. The largest absolute Gasteiger partial charge is 0.475 e. The minimum atomic E-state index is -0.419. The van der Waals surface area contributed by atoms with E-state index in [4.69, 9.17) is 9.47 Å². The lowest BCUT2D eigenvalue weighted by molar-refractivity contribution is -0.144. The summed E-state index contributed by atoms with van der Waals surface area (Å²) in [5.74, 6) is 0.851. The average Bonchev–Trinajstić information content (AvgIpc) is 3.18. The average molecular weight is 445 g/mol. The number of pyridine rings is 1. The predicted molar refractivity (Wildman–Crippen MR) is 132 cm³/mol. The van der Waals surface area contributed by atoms with Crippen molar-refractivity contribution in [3.8, 4) is 17.0 Å². The number of anilines is 2. The van der Waals surface area contributed by atoms with Crippen molar-refractivity contribution in [2.24, 2.45) is 0 Å². The number of nitrogens with zero attached hydrogens (tertiary/aromatic N) is 2. The molecule has 2 heterocycles. The van der Waals surface area contributed by atoms with Crippen LogP contribution in [0.2, 0.25) is 0 Å². The maximum absolute atomic E-state index is 12.9. The van der Waals surface area contributed by atoms with Gasteiger partial charge in [0.25, 0.3) is 0 Å². The fourth-order valence-corrected chi connectivity index (χ4v) is 4.26. The van der Waals surface area contributed by atoms with Crippen molar-refractivity contribution >= 4 is 17.3 Å². The lowest BCUT2D eigenvalue weighted by Crippen LogP contribution is -2.36. The van der Waals surface area contributed by atoms with Gasteiger partial charge < -0.3 is 14.4 Å². The van der Waals surface area contributed by atoms with Crippen molar-refractivity contribution < 1.29 is 14.3 Å². The smallest absolute Gasteiger partial charge is 0.329 e. The molecule has 4 rings (SSSR count). The predicted octanol–water partition coefficient (Wildman–Crippen LogP) is 6.29. The highest BCUT2D eigenvalue weighted by Crippen LogP contribution is 2.41. The molecule has 172 valence electrons. The fraction of sp³-hybridized carbons (Fsp3) is 0.357. The summed E-state index contributed by atoms with van der Waals surface area (Å²) < 4.78 is 11.1. The van der Waals surface area contributed by atoms with Crippen molar-refractivity contribution in [3.05, 3.63) is 71.9 Å². The Morgan fingerprint density at radius 2 is 1.76 bits per heavy atom. The second kappa shape index (κ2) is 9.65. The summed E-state index contributed by atoms with van der Waals surface area (Å²) in [6.45, 7) is 10.5. The van der Waals surface area contributed by atoms with Crippen LogP contribution in [0.4, 0.5) is 11.4 Å². The molecule has 0 saturated heterocycles. The number of benzene rings is 2. The molecule has 33 heavy (non-hydrogen) atoms. The fourth-order valence-electron chi connectivity index (χ4n) is 4.26. The first-order valence-electron chi connectivity index (χ1n) is 11.7. The summed E-state index contributed by atoms with van der Waals surface area (Å²) in [5.41, 5.74) is 6.62. The molecule has 0 N–H and O–H groups in total. The Balaban J connectivity index is 1.68. The molecule has 5 heteroatoms. The van der Waals surface area contributed by atoms with Crippen LogP contribution in [0.25, 0.3) is 11.1 Å². The summed E-state index contributed by atoms with van der Waals surface area (Å²) in [6.07, 6.45) is 2.41. The second-order valence-electron chi connectivity index (χ2n) is 8.98. The third-order valence-electron chi connectivity index (χ3n) is 5.89. The highest BCUT2D eigenvalue weighted by atomic mass is 16.5. The molecule has 1 aromatic heterocycles. The SMILES string of the molecule is CCOC(=O)C1Cc2cc(-c3ccc(C(C)C)cc3)ccc2N1c1ccc(OC(C)C)nc1. The highest BCUT2D eigenvalue weighted by Gasteiger charge is 2.37. The van der Waals surface area contributed by atoms with Gasteiger partial charge in [-0.3, -0.25) is 0 Å². The lowest BCUT2D eigenvalue weighted by atomic mass is 9.97. The summed E-state index contributed by atoms with van der Waals surface area (Å²) in [4.78, 5) is 19.3. The van der Waals surface area contributed by atoms with Gasteiger partial charge in [-0.25, -0.2) is 9.78 Å². The first kappa shape index (κ1) is 22.8. The van der Waals surface area contributed by atoms with Crippen LogP contribution in [0.15, 0.2) is 60.8 Å². The Labute approximate surface area is 196 Å². The van der Waals surface area contributed by atoms with E-state index in [1.807, 2.05) is 37.8 Å². The molecular weight excluding hydrogens is 412 g/mol. The first-order chi connectivity index (χ1) is 15.9. The highest BCUT2D eigenvalue weighted by molar-refractivity contribution is 5.89. The number of hydrogen-bond acceptors (Lipinski definition) is 5. The molecule has 0 radical (unpaired) electrons. The minimum Gasteiger partial charge on any atom is -0.475 e. The number of carbonyl (C=O) groups excluding carboxylic acids is 1. The van der Waals surface area contributed by atoms with Gasteiger partial charge >= 0.3 is 5.97 Å². The van der Waals surface area contributed by atoms with Gasteiger partial charge in [0.05, 0.1) is 24.6 Å². The van der Waals surface area contributed by atoms with Crippen molar-refractivity contribution in [2.75, 3.05) is 11.5 Å². The van der Waals surface area contributed by atoms with Gasteiger partial charge in [-0.2, -0.15) is 0 Å². The van der Waals surface area contributed by atoms with E-state index in [2.05, 4.69) is 61.3 Å². The van der Waals surface area contributed by atoms with Crippen LogP contribution in [0.1, 0.15) is 51.7 Å². The molecule has 3 aromatic rings. The van der Waals surface area contributed by atoms with Gasteiger partial charge in [-0.1, -0.05) is 44.2 Å². The zero-order chi connectivity index (χ0) is 23.5.